The Kier molecular flexibility index (Phi) is 2.52. The molecule has 0 spiro atoms. The molecular formula is C14H13N5O3. The highest BCUT2D eigenvalue weighted by atomic mass is 16.5. The van der Waals surface area contributed by atoms with Gasteiger partial charge in [0.2, 0.25) is 5.91 Å². The van der Waals surface area contributed by atoms with E-state index in [4.69, 9.17) is 5.73 Å². The third-order valence-corrected chi connectivity index (χ3v) is 4.10. The minimum atomic E-state index is -0.958. The first kappa shape index (κ1) is 12.8. The van der Waals surface area contributed by atoms with Crippen molar-refractivity contribution in [2.45, 2.75) is 12.1 Å². The van der Waals surface area contributed by atoms with Gasteiger partial charge in [-0.1, -0.05) is 18.2 Å². The fourth-order valence-electron chi connectivity index (χ4n) is 3.07. The second-order valence-corrected chi connectivity index (χ2v) is 5.35. The fraction of sp³-hybridized carbons (Fsp3) is 0.214. The first-order valence-electron chi connectivity index (χ1n) is 6.81. The van der Waals surface area contributed by atoms with E-state index in [2.05, 4.69) is 5.10 Å². The molecule has 1 aromatic carbocycles. The van der Waals surface area contributed by atoms with Crippen LogP contribution < -0.4 is 5.73 Å². The van der Waals surface area contributed by atoms with Crippen LogP contribution in [0.4, 0.5) is 4.79 Å². The van der Waals surface area contributed by atoms with Gasteiger partial charge in [-0.2, -0.15) is 10.2 Å². The van der Waals surface area contributed by atoms with Gasteiger partial charge in [-0.25, -0.2) is 9.48 Å². The largest absolute Gasteiger partial charge is 0.368 e. The number of carbonyl (C=O) groups is 2. The molecule has 112 valence electrons. The number of urea groups is 1. The number of fused-ring (bicyclic) bond motifs is 4. The van der Waals surface area contributed by atoms with Gasteiger partial charge >= 0.3 is 6.03 Å². The molecule has 2 bridgehead atoms. The number of nitrogens with zero attached hydrogens (tertiary/aromatic N) is 4. The summed E-state index contributed by atoms with van der Waals surface area (Å²) in [5, 5.41) is 15.0. The summed E-state index contributed by atoms with van der Waals surface area (Å²) in [6.45, 7) is 0.219. The smallest absolute Gasteiger partial charge is 0.345 e. The number of nitrogens with two attached hydrogens (primary N) is 1. The molecular weight excluding hydrogens is 286 g/mol. The molecule has 2 aromatic rings. The third-order valence-electron chi connectivity index (χ3n) is 4.10. The van der Waals surface area contributed by atoms with E-state index >= 15 is 0 Å². The number of carbonyl (C=O) groups excluding carboxylic acids is 2. The zero-order valence-electron chi connectivity index (χ0n) is 11.5. The Bertz CT molecular complexity index is 772. The number of benzene rings is 1. The van der Waals surface area contributed by atoms with E-state index in [1.807, 2.05) is 30.3 Å². The zero-order valence-corrected chi connectivity index (χ0v) is 11.5. The van der Waals surface area contributed by atoms with Crippen LogP contribution in [0.2, 0.25) is 0 Å². The lowest BCUT2D eigenvalue weighted by Gasteiger charge is -2.26. The summed E-state index contributed by atoms with van der Waals surface area (Å²) in [6, 6.07) is 7.27. The Labute approximate surface area is 125 Å². The second kappa shape index (κ2) is 4.31. The third kappa shape index (κ3) is 1.58. The first-order valence-corrected chi connectivity index (χ1v) is 6.81. The van der Waals surface area contributed by atoms with Crippen LogP contribution in [0.15, 0.2) is 36.5 Å². The lowest BCUT2D eigenvalue weighted by atomic mass is 9.98. The van der Waals surface area contributed by atoms with Crippen molar-refractivity contribution in [1.29, 1.82) is 0 Å². The molecule has 0 radical (unpaired) electrons. The summed E-state index contributed by atoms with van der Waals surface area (Å²) in [6.07, 6.45) is 1.73. The summed E-state index contributed by atoms with van der Waals surface area (Å²) in [4.78, 5) is 25.0. The van der Waals surface area contributed by atoms with Crippen molar-refractivity contribution in [2.24, 2.45) is 5.73 Å². The molecule has 2 atom stereocenters. The maximum absolute atomic E-state index is 12.0. The summed E-state index contributed by atoms with van der Waals surface area (Å²) in [7, 11) is 0. The van der Waals surface area contributed by atoms with Crippen molar-refractivity contribution in [2.75, 3.05) is 6.54 Å². The Balaban J connectivity index is 1.87. The molecule has 0 saturated carbocycles. The van der Waals surface area contributed by atoms with Gasteiger partial charge in [0.25, 0.3) is 0 Å². The number of hydrogen-bond acceptors (Lipinski definition) is 4. The van der Waals surface area contributed by atoms with Crippen LogP contribution in [0.3, 0.4) is 0 Å². The summed E-state index contributed by atoms with van der Waals surface area (Å²) < 4.78 is 1.63. The molecule has 8 heteroatoms. The highest BCUT2D eigenvalue weighted by Gasteiger charge is 2.51. The number of aromatic nitrogens is 2. The molecule has 0 aliphatic carbocycles. The van der Waals surface area contributed by atoms with Crippen molar-refractivity contribution in [3.63, 3.8) is 0 Å². The van der Waals surface area contributed by atoms with Gasteiger partial charge in [0.15, 0.2) is 6.04 Å². The average molecular weight is 299 g/mol. The van der Waals surface area contributed by atoms with Gasteiger partial charge in [0, 0.05) is 11.8 Å². The Morgan fingerprint density at radius 2 is 2.05 bits per heavy atom. The van der Waals surface area contributed by atoms with Gasteiger partial charge in [-0.05, 0) is 12.1 Å². The molecule has 3 amide bonds. The van der Waals surface area contributed by atoms with Crippen molar-refractivity contribution in [3.05, 3.63) is 47.8 Å². The van der Waals surface area contributed by atoms with E-state index in [1.54, 1.807) is 10.9 Å². The summed E-state index contributed by atoms with van der Waals surface area (Å²) in [5.74, 6) is -0.665. The predicted molar refractivity (Wildman–Crippen MR) is 74.0 cm³/mol. The summed E-state index contributed by atoms with van der Waals surface area (Å²) in [5.41, 5.74) is 7.31. The minimum Gasteiger partial charge on any atom is -0.368 e. The lowest BCUT2D eigenvalue weighted by Crippen LogP contribution is -2.41. The van der Waals surface area contributed by atoms with E-state index in [0.29, 0.717) is 16.3 Å². The van der Waals surface area contributed by atoms with E-state index < -0.39 is 24.0 Å². The molecule has 2 unspecified atom stereocenters. The second-order valence-electron chi connectivity index (χ2n) is 5.35. The van der Waals surface area contributed by atoms with Crippen LogP contribution in [-0.4, -0.2) is 43.4 Å². The highest BCUT2D eigenvalue weighted by molar-refractivity contribution is 5.89. The quantitative estimate of drug-likeness (QED) is 0.791. The van der Waals surface area contributed by atoms with Crippen molar-refractivity contribution in [1.82, 2.24) is 19.7 Å². The molecule has 3 heterocycles. The monoisotopic (exact) mass is 299 g/mol. The highest BCUT2D eigenvalue weighted by Crippen LogP contribution is 2.42. The molecule has 8 nitrogen and oxygen atoms in total. The molecule has 4 rings (SSSR count). The molecule has 2 aliphatic heterocycles. The molecule has 22 heavy (non-hydrogen) atoms. The Morgan fingerprint density at radius 1 is 1.32 bits per heavy atom. The number of rotatable bonds is 2. The van der Waals surface area contributed by atoms with Crippen molar-refractivity contribution < 1.29 is 14.8 Å². The zero-order chi connectivity index (χ0) is 15.4. The van der Waals surface area contributed by atoms with Gasteiger partial charge in [0.05, 0.1) is 12.2 Å². The lowest BCUT2D eigenvalue weighted by molar-refractivity contribution is -0.122. The molecule has 1 aromatic heterocycles. The fourth-order valence-corrected chi connectivity index (χ4v) is 3.07. The number of hydroxylamine groups is 2. The van der Waals surface area contributed by atoms with E-state index in [0.717, 1.165) is 5.69 Å². The Hall–Kier alpha value is -2.87. The van der Waals surface area contributed by atoms with Gasteiger partial charge in [0.1, 0.15) is 11.7 Å². The Morgan fingerprint density at radius 3 is 2.73 bits per heavy atom. The molecule has 2 aliphatic rings. The van der Waals surface area contributed by atoms with Crippen LogP contribution in [-0.2, 0) is 4.79 Å². The number of hydrogen-bond donors (Lipinski definition) is 2. The maximum atomic E-state index is 12.0. The number of amides is 3. The van der Waals surface area contributed by atoms with E-state index in [1.165, 1.54) is 4.90 Å². The topological polar surface area (TPSA) is 105 Å². The normalized spacial score (nSPS) is 22.9. The predicted octanol–water partition coefficient (Wildman–Crippen LogP) is 0.580. The van der Waals surface area contributed by atoms with Crippen LogP contribution in [0.25, 0.3) is 5.69 Å². The number of para-hydroxylation sites is 1. The van der Waals surface area contributed by atoms with Crippen LogP contribution in [0, 0.1) is 0 Å². The van der Waals surface area contributed by atoms with Gasteiger partial charge in [-0.3, -0.25) is 10.0 Å². The molecule has 3 N–H and O–H groups in total. The van der Waals surface area contributed by atoms with E-state index in [-0.39, 0.29) is 6.54 Å². The molecule has 1 fully saturated rings. The van der Waals surface area contributed by atoms with Crippen molar-refractivity contribution >= 4 is 11.9 Å². The SMILES string of the molecule is NC(=O)C1c2nn(-c3ccccc3)cc2C2CN1C(=O)N2O. The standard InChI is InChI=1S/C14H13N5O3/c15-13(20)12-11-9(10-7-17(12)14(21)19(10)22)6-18(16-11)8-4-2-1-3-5-8/h1-6,10,12,22H,7H2,(H2,15,20). The minimum absolute atomic E-state index is 0.219. The van der Waals surface area contributed by atoms with Crippen LogP contribution in [0.5, 0.6) is 0 Å². The van der Waals surface area contributed by atoms with E-state index in [9.17, 15) is 14.8 Å². The van der Waals surface area contributed by atoms with Crippen molar-refractivity contribution in [3.8, 4) is 5.69 Å². The van der Waals surface area contributed by atoms with Crippen LogP contribution >= 0.6 is 0 Å². The maximum Gasteiger partial charge on any atom is 0.345 e. The number of primary amides is 1. The first-order chi connectivity index (χ1) is 10.6. The van der Waals surface area contributed by atoms with Crippen LogP contribution in [0.1, 0.15) is 23.3 Å². The van der Waals surface area contributed by atoms with Gasteiger partial charge < -0.3 is 10.6 Å². The summed E-state index contributed by atoms with van der Waals surface area (Å²) >= 11 is 0. The molecule has 1 saturated heterocycles. The average Bonchev–Trinajstić information content (AvgIpc) is 3.06. The van der Waals surface area contributed by atoms with Gasteiger partial charge in [-0.15, -0.1) is 0 Å².